The molecule has 5 nitrogen and oxygen atoms in total. The third-order valence-electron chi connectivity index (χ3n) is 3.50. The minimum absolute atomic E-state index is 0.133. The van der Waals surface area contributed by atoms with Crippen molar-refractivity contribution < 1.29 is 9.90 Å². The quantitative estimate of drug-likeness (QED) is 0.920. The highest BCUT2D eigenvalue weighted by Gasteiger charge is 2.29. The molecule has 0 saturated carbocycles. The van der Waals surface area contributed by atoms with E-state index in [1.54, 1.807) is 0 Å². The van der Waals surface area contributed by atoms with Crippen LogP contribution in [0.5, 0.6) is 0 Å². The summed E-state index contributed by atoms with van der Waals surface area (Å²) in [7, 11) is 0. The van der Waals surface area contributed by atoms with Crippen molar-refractivity contribution in [3.05, 3.63) is 30.1 Å². The number of nitrogens with zero attached hydrogens (tertiary/aromatic N) is 3. The van der Waals surface area contributed by atoms with Crippen LogP contribution >= 0.6 is 11.8 Å². The summed E-state index contributed by atoms with van der Waals surface area (Å²) in [4.78, 5) is 21.9. The van der Waals surface area contributed by atoms with Gasteiger partial charge in [-0.1, -0.05) is 12.1 Å². The van der Waals surface area contributed by atoms with Gasteiger partial charge in [0.2, 0.25) is 5.82 Å². The number of fused-ring (bicyclic) bond motifs is 1. The van der Waals surface area contributed by atoms with E-state index in [-0.39, 0.29) is 10.6 Å². The molecule has 0 spiro atoms. The minimum Gasteiger partial charge on any atom is -0.475 e. The van der Waals surface area contributed by atoms with Crippen molar-refractivity contribution in [3.63, 3.8) is 0 Å². The standard InChI is InChI=1S/C15H17N3O2S/c1-15(2)9-18(7-8-21-15)13-10-5-3-4-6-11(10)16-12(17-13)14(19)20/h3-6H,7-9H2,1-2H3,(H,19,20). The van der Waals surface area contributed by atoms with Gasteiger partial charge in [0, 0.05) is 29.0 Å². The summed E-state index contributed by atoms with van der Waals surface area (Å²) in [5.74, 6) is 0.507. The highest BCUT2D eigenvalue weighted by molar-refractivity contribution is 8.00. The minimum atomic E-state index is -1.09. The molecule has 2 aromatic rings. The summed E-state index contributed by atoms with van der Waals surface area (Å²) in [6.07, 6.45) is 0. The number of aromatic carboxylic acids is 1. The largest absolute Gasteiger partial charge is 0.475 e. The molecule has 0 aliphatic carbocycles. The third-order valence-corrected chi connectivity index (χ3v) is 4.80. The van der Waals surface area contributed by atoms with Gasteiger partial charge in [0.05, 0.1) is 5.52 Å². The Morgan fingerprint density at radius 3 is 2.81 bits per heavy atom. The fourth-order valence-corrected chi connectivity index (χ4v) is 3.71. The molecule has 0 bridgehead atoms. The molecule has 2 heterocycles. The molecule has 1 aromatic heterocycles. The van der Waals surface area contributed by atoms with Gasteiger partial charge in [0.1, 0.15) is 5.82 Å². The zero-order valence-corrected chi connectivity index (χ0v) is 12.9. The molecule has 3 rings (SSSR count). The van der Waals surface area contributed by atoms with Crippen LogP contribution in [-0.4, -0.2) is 44.6 Å². The van der Waals surface area contributed by atoms with Crippen LogP contribution in [0.25, 0.3) is 10.9 Å². The summed E-state index contributed by atoms with van der Waals surface area (Å²) in [6.45, 7) is 6.11. The number of para-hydroxylation sites is 1. The number of hydrogen-bond donors (Lipinski definition) is 1. The number of anilines is 1. The summed E-state index contributed by atoms with van der Waals surface area (Å²) in [5.41, 5.74) is 0.677. The maximum atomic E-state index is 11.3. The molecule has 1 N–H and O–H groups in total. The van der Waals surface area contributed by atoms with E-state index in [4.69, 9.17) is 0 Å². The molecule has 6 heteroatoms. The topological polar surface area (TPSA) is 66.3 Å². The van der Waals surface area contributed by atoms with Crippen LogP contribution in [0.3, 0.4) is 0 Å². The lowest BCUT2D eigenvalue weighted by Crippen LogP contribution is -2.43. The first-order valence-electron chi connectivity index (χ1n) is 6.85. The first kappa shape index (κ1) is 14.1. The van der Waals surface area contributed by atoms with Crippen molar-refractivity contribution in [3.8, 4) is 0 Å². The Hall–Kier alpha value is -1.82. The van der Waals surface area contributed by atoms with Gasteiger partial charge in [0.15, 0.2) is 0 Å². The van der Waals surface area contributed by atoms with E-state index in [0.29, 0.717) is 5.52 Å². The number of hydrogen-bond acceptors (Lipinski definition) is 5. The van der Waals surface area contributed by atoms with Crippen molar-refractivity contribution >= 4 is 34.5 Å². The summed E-state index contributed by atoms with van der Waals surface area (Å²) < 4.78 is 0.133. The van der Waals surface area contributed by atoms with Crippen molar-refractivity contribution in [2.75, 3.05) is 23.7 Å². The van der Waals surface area contributed by atoms with E-state index >= 15 is 0 Å². The Morgan fingerprint density at radius 2 is 2.10 bits per heavy atom. The zero-order chi connectivity index (χ0) is 15.0. The van der Waals surface area contributed by atoms with Gasteiger partial charge < -0.3 is 10.0 Å². The second kappa shape index (κ2) is 5.18. The molecule has 1 saturated heterocycles. The Morgan fingerprint density at radius 1 is 1.33 bits per heavy atom. The van der Waals surface area contributed by atoms with Crippen LogP contribution in [0.4, 0.5) is 5.82 Å². The normalized spacial score (nSPS) is 17.9. The van der Waals surface area contributed by atoms with Gasteiger partial charge >= 0.3 is 5.97 Å². The van der Waals surface area contributed by atoms with Crippen LogP contribution in [0.1, 0.15) is 24.5 Å². The number of rotatable bonds is 2. The number of carbonyl (C=O) groups is 1. The lowest BCUT2D eigenvalue weighted by molar-refractivity contribution is 0.0684. The summed E-state index contributed by atoms with van der Waals surface area (Å²) in [5, 5.41) is 10.1. The van der Waals surface area contributed by atoms with E-state index in [2.05, 4.69) is 28.7 Å². The fraction of sp³-hybridized carbons (Fsp3) is 0.400. The van der Waals surface area contributed by atoms with Crippen LogP contribution in [0.15, 0.2) is 24.3 Å². The van der Waals surface area contributed by atoms with Gasteiger partial charge in [-0.3, -0.25) is 0 Å². The van der Waals surface area contributed by atoms with Crippen LogP contribution in [0, 0.1) is 0 Å². The third kappa shape index (κ3) is 2.81. The maximum Gasteiger partial charge on any atom is 0.374 e. The molecule has 1 aliphatic heterocycles. The lowest BCUT2D eigenvalue weighted by Gasteiger charge is -2.38. The Bertz CT molecular complexity index is 702. The first-order valence-corrected chi connectivity index (χ1v) is 7.84. The van der Waals surface area contributed by atoms with Crippen molar-refractivity contribution in [2.24, 2.45) is 0 Å². The summed E-state index contributed by atoms with van der Waals surface area (Å²) >= 11 is 1.93. The van der Waals surface area contributed by atoms with Crippen molar-refractivity contribution in [1.29, 1.82) is 0 Å². The van der Waals surface area contributed by atoms with Gasteiger partial charge in [-0.15, -0.1) is 0 Å². The number of carboxylic acids is 1. The van der Waals surface area contributed by atoms with E-state index < -0.39 is 5.97 Å². The maximum absolute atomic E-state index is 11.3. The number of aromatic nitrogens is 2. The van der Waals surface area contributed by atoms with E-state index in [9.17, 15) is 9.90 Å². The number of carboxylic acid groups (broad SMARTS) is 1. The molecule has 0 atom stereocenters. The monoisotopic (exact) mass is 303 g/mol. The molecule has 110 valence electrons. The number of benzene rings is 1. The van der Waals surface area contributed by atoms with E-state index in [0.717, 1.165) is 30.0 Å². The average Bonchev–Trinajstić information content (AvgIpc) is 2.45. The molecule has 0 amide bonds. The molecule has 0 radical (unpaired) electrons. The molecule has 1 aliphatic rings. The van der Waals surface area contributed by atoms with Crippen molar-refractivity contribution in [2.45, 2.75) is 18.6 Å². The SMILES string of the molecule is CC1(C)CN(c2nc(C(=O)O)nc3ccccc23)CCS1. The van der Waals surface area contributed by atoms with Crippen molar-refractivity contribution in [1.82, 2.24) is 9.97 Å². The molecule has 1 fully saturated rings. The highest BCUT2D eigenvalue weighted by atomic mass is 32.2. The average molecular weight is 303 g/mol. The Kier molecular flexibility index (Phi) is 3.49. The second-order valence-corrected chi connectivity index (χ2v) is 7.52. The predicted molar refractivity (Wildman–Crippen MR) is 85.2 cm³/mol. The van der Waals surface area contributed by atoms with Crippen LogP contribution < -0.4 is 4.90 Å². The molecule has 21 heavy (non-hydrogen) atoms. The van der Waals surface area contributed by atoms with E-state index in [1.165, 1.54) is 0 Å². The zero-order valence-electron chi connectivity index (χ0n) is 12.0. The lowest BCUT2D eigenvalue weighted by atomic mass is 10.1. The number of thioether (sulfide) groups is 1. The molecular formula is C15H17N3O2S. The predicted octanol–water partition coefficient (Wildman–Crippen LogP) is 2.66. The highest BCUT2D eigenvalue weighted by Crippen LogP contribution is 2.33. The molecule has 1 aromatic carbocycles. The van der Waals surface area contributed by atoms with Gasteiger partial charge in [-0.25, -0.2) is 14.8 Å². The Labute approximate surface area is 127 Å². The summed E-state index contributed by atoms with van der Waals surface area (Å²) in [6, 6.07) is 7.57. The van der Waals surface area contributed by atoms with Crippen LogP contribution in [-0.2, 0) is 0 Å². The first-order chi connectivity index (χ1) is 9.96. The van der Waals surface area contributed by atoms with Gasteiger partial charge in [-0.2, -0.15) is 11.8 Å². The smallest absolute Gasteiger partial charge is 0.374 e. The van der Waals surface area contributed by atoms with Gasteiger partial charge in [-0.05, 0) is 26.0 Å². The van der Waals surface area contributed by atoms with E-state index in [1.807, 2.05) is 36.0 Å². The molecule has 0 unspecified atom stereocenters. The van der Waals surface area contributed by atoms with Gasteiger partial charge in [0.25, 0.3) is 0 Å². The fourth-order valence-electron chi connectivity index (χ4n) is 2.59. The second-order valence-electron chi connectivity index (χ2n) is 5.72. The van der Waals surface area contributed by atoms with Crippen LogP contribution in [0.2, 0.25) is 0 Å². The Balaban J connectivity index is 2.13. The molecular weight excluding hydrogens is 286 g/mol.